The molecule has 4 nitrogen and oxygen atoms in total. The van der Waals surface area contributed by atoms with Gasteiger partial charge >= 0.3 is 6.09 Å². The van der Waals surface area contributed by atoms with E-state index in [1.54, 1.807) is 0 Å². The van der Waals surface area contributed by atoms with E-state index >= 15 is 0 Å². The van der Waals surface area contributed by atoms with Crippen LogP contribution in [0.15, 0.2) is 23.1 Å². The lowest BCUT2D eigenvalue weighted by Gasteiger charge is -2.18. The molecule has 0 bridgehead atoms. The fourth-order valence-electron chi connectivity index (χ4n) is 2.02. The first-order valence-corrected chi connectivity index (χ1v) is 8.13. The van der Waals surface area contributed by atoms with E-state index in [1.165, 1.54) is 36.2 Å². The van der Waals surface area contributed by atoms with Crippen molar-refractivity contribution in [1.82, 2.24) is 4.98 Å². The zero-order valence-electron chi connectivity index (χ0n) is 12.8. The van der Waals surface area contributed by atoms with Crippen LogP contribution in [0.1, 0.15) is 52.1 Å². The zero-order chi connectivity index (χ0) is 15.3. The van der Waals surface area contributed by atoms with Gasteiger partial charge in [0.15, 0.2) is 5.13 Å². The first-order valence-electron chi connectivity index (χ1n) is 7.25. The molecule has 2 rings (SSSR count). The summed E-state index contributed by atoms with van der Waals surface area (Å²) in [7, 11) is 0. The standard InChI is InChI=1S/C16H22N2O2S/c1-16(2,3)20-15(19)18-14-17-13(11-21-14)10-9-12-7-5-4-6-8-12/h7,9-11H,4-6,8H2,1-3H3,(H,17,18,19). The van der Waals surface area contributed by atoms with Gasteiger partial charge in [0, 0.05) is 5.38 Å². The van der Waals surface area contributed by atoms with Gasteiger partial charge in [-0.1, -0.05) is 17.7 Å². The number of allylic oxidation sites excluding steroid dienone is 3. The molecule has 114 valence electrons. The van der Waals surface area contributed by atoms with E-state index in [0.29, 0.717) is 5.13 Å². The summed E-state index contributed by atoms with van der Waals surface area (Å²) in [6.07, 6.45) is 10.8. The number of carbonyl (C=O) groups excluding carboxylic acids is 1. The predicted molar refractivity (Wildman–Crippen MR) is 87.6 cm³/mol. The molecule has 0 fully saturated rings. The number of aromatic nitrogens is 1. The Bertz CT molecular complexity index is 553. The number of thiazole rings is 1. The normalized spacial score (nSPS) is 15.9. The van der Waals surface area contributed by atoms with Gasteiger partial charge in [0.05, 0.1) is 5.69 Å². The number of amides is 1. The number of ether oxygens (including phenoxy) is 1. The summed E-state index contributed by atoms with van der Waals surface area (Å²) < 4.78 is 5.20. The Morgan fingerprint density at radius 2 is 2.19 bits per heavy atom. The van der Waals surface area contributed by atoms with Gasteiger partial charge in [0.2, 0.25) is 0 Å². The van der Waals surface area contributed by atoms with Gasteiger partial charge in [-0.2, -0.15) is 0 Å². The molecule has 0 saturated carbocycles. The molecule has 0 aromatic carbocycles. The first kappa shape index (κ1) is 15.8. The average Bonchev–Trinajstić information content (AvgIpc) is 2.83. The van der Waals surface area contributed by atoms with E-state index in [0.717, 1.165) is 12.1 Å². The number of nitrogens with one attached hydrogen (secondary N) is 1. The molecule has 0 spiro atoms. The van der Waals surface area contributed by atoms with Crippen LogP contribution in [0.4, 0.5) is 9.93 Å². The van der Waals surface area contributed by atoms with Crippen molar-refractivity contribution in [3.8, 4) is 0 Å². The molecule has 1 heterocycles. The third-order valence-corrected chi connectivity index (χ3v) is 3.70. The van der Waals surface area contributed by atoms with Gasteiger partial charge in [-0.15, -0.1) is 11.3 Å². The van der Waals surface area contributed by atoms with Crippen LogP contribution < -0.4 is 5.32 Å². The maximum atomic E-state index is 11.6. The third-order valence-electron chi connectivity index (χ3n) is 2.92. The van der Waals surface area contributed by atoms with Gasteiger partial charge in [-0.25, -0.2) is 9.78 Å². The summed E-state index contributed by atoms with van der Waals surface area (Å²) in [5.41, 5.74) is 1.73. The number of hydrogen-bond acceptors (Lipinski definition) is 4. The molecule has 0 saturated heterocycles. The molecule has 0 radical (unpaired) electrons. The van der Waals surface area contributed by atoms with E-state index in [2.05, 4.69) is 22.5 Å². The highest BCUT2D eigenvalue weighted by Crippen LogP contribution is 2.21. The maximum Gasteiger partial charge on any atom is 0.413 e. The molecule has 1 aliphatic rings. The highest BCUT2D eigenvalue weighted by molar-refractivity contribution is 7.14. The van der Waals surface area contributed by atoms with E-state index in [9.17, 15) is 4.79 Å². The number of carbonyl (C=O) groups is 1. The lowest BCUT2D eigenvalue weighted by Crippen LogP contribution is -2.27. The van der Waals surface area contributed by atoms with Crippen molar-refractivity contribution in [2.45, 2.75) is 52.1 Å². The molecular weight excluding hydrogens is 284 g/mol. The molecule has 1 N–H and O–H groups in total. The fraction of sp³-hybridized carbons (Fsp3) is 0.500. The Balaban J connectivity index is 1.90. The minimum atomic E-state index is -0.502. The predicted octanol–water partition coefficient (Wildman–Crippen LogP) is 5.00. The number of anilines is 1. The summed E-state index contributed by atoms with van der Waals surface area (Å²) in [4.78, 5) is 16.0. The van der Waals surface area contributed by atoms with Gasteiger partial charge in [-0.3, -0.25) is 5.32 Å². The SMILES string of the molecule is CC(C)(C)OC(=O)Nc1nc(C=CC2=CCCCC2)cs1. The Morgan fingerprint density at radius 3 is 2.86 bits per heavy atom. The summed E-state index contributed by atoms with van der Waals surface area (Å²) in [6, 6.07) is 0. The quantitative estimate of drug-likeness (QED) is 0.854. The number of hydrogen-bond donors (Lipinski definition) is 1. The molecule has 21 heavy (non-hydrogen) atoms. The lowest BCUT2D eigenvalue weighted by molar-refractivity contribution is 0.0636. The van der Waals surface area contributed by atoms with Crippen LogP contribution >= 0.6 is 11.3 Å². The monoisotopic (exact) mass is 306 g/mol. The van der Waals surface area contributed by atoms with Crippen molar-refractivity contribution in [1.29, 1.82) is 0 Å². The Hall–Kier alpha value is -1.62. The third kappa shape index (κ3) is 5.71. The molecule has 5 heteroatoms. The average molecular weight is 306 g/mol. The molecule has 0 aliphatic heterocycles. The zero-order valence-corrected chi connectivity index (χ0v) is 13.6. The molecular formula is C16H22N2O2S. The van der Waals surface area contributed by atoms with E-state index in [1.807, 2.05) is 32.2 Å². The minimum absolute atomic E-state index is 0.470. The molecule has 1 aromatic rings. The highest BCUT2D eigenvalue weighted by Gasteiger charge is 2.17. The molecule has 0 atom stereocenters. The van der Waals surface area contributed by atoms with Crippen LogP contribution in [-0.2, 0) is 4.74 Å². The van der Waals surface area contributed by atoms with Crippen LogP contribution in [0.5, 0.6) is 0 Å². The van der Waals surface area contributed by atoms with Crippen LogP contribution in [0.25, 0.3) is 6.08 Å². The van der Waals surface area contributed by atoms with Gasteiger partial charge in [0.1, 0.15) is 5.60 Å². The Morgan fingerprint density at radius 1 is 1.38 bits per heavy atom. The van der Waals surface area contributed by atoms with Gasteiger partial charge < -0.3 is 4.74 Å². The van der Waals surface area contributed by atoms with Crippen molar-refractivity contribution in [3.05, 3.63) is 28.8 Å². The number of rotatable bonds is 3. The van der Waals surface area contributed by atoms with Gasteiger partial charge in [-0.05, 0) is 52.5 Å². The molecule has 1 amide bonds. The van der Waals surface area contributed by atoms with Crippen molar-refractivity contribution >= 4 is 28.6 Å². The second-order valence-corrected chi connectivity index (χ2v) is 6.92. The van der Waals surface area contributed by atoms with Gasteiger partial charge in [0.25, 0.3) is 0 Å². The largest absolute Gasteiger partial charge is 0.444 e. The van der Waals surface area contributed by atoms with Crippen molar-refractivity contribution < 1.29 is 9.53 Å². The Kier molecular flexibility index (Phi) is 5.17. The lowest BCUT2D eigenvalue weighted by atomic mass is 9.99. The van der Waals surface area contributed by atoms with Crippen LogP contribution in [0, 0.1) is 0 Å². The second-order valence-electron chi connectivity index (χ2n) is 6.06. The fourth-order valence-corrected chi connectivity index (χ4v) is 2.68. The van der Waals surface area contributed by atoms with Crippen molar-refractivity contribution in [2.24, 2.45) is 0 Å². The molecule has 1 aliphatic carbocycles. The summed E-state index contributed by atoms with van der Waals surface area (Å²) in [6.45, 7) is 5.50. The van der Waals surface area contributed by atoms with Crippen molar-refractivity contribution in [2.75, 3.05) is 5.32 Å². The van der Waals surface area contributed by atoms with E-state index in [4.69, 9.17) is 4.74 Å². The Labute approximate surface area is 129 Å². The second kappa shape index (κ2) is 6.89. The first-order chi connectivity index (χ1) is 9.92. The van der Waals surface area contributed by atoms with Crippen LogP contribution in [0.3, 0.4) is 0 Å². The maximum absolute atomic E-state index is 11.6. The summed E-state index contributed by atoms with van der Waals surface area (Å²) in [5, 5.41) is 5.13. The van der Waals surface area contributed by atoms with Crippen LogP contribution in [-0.4, -0.2) is 16.7 Å². The minimum Gasteiger partial charge on any atom is -0.444 e. The van der Waals surface area contributed by atoms with Crippen molar-refractivity contribution in [3.63, 3.8) is 0 Å². The number of nitrogens with zero attached hydrogens (tertiary/aromatic N) is 1. The highest BCUT2D eigenvalue weighted by atomic mass is 32.1. The van der Waals surface area contributed by atoms with E-state index in [-0.39, 0.29) is 0 Å². The molecule has 1 aromatic heterocycles. The van der Waals surface area contributed by atoms with E-state index < -0.39 is 11.7 Å². The summed E-state index contributed by atoms with van der Waals surface area (Å²) in [5.74, 6) is 0. The summed E-state index contributed by atoms with van der Waals surface area (Å²) >= 11 is 1.40. The topological polar surface area (TPSA) is 51.2 Å². The smallest absolute Gasteiger partial charge is 0.413 e. The van der Waals surface area contributed by atoms with Crippen LogP contribution in [0.2, 0.25) is 0 Å². The molecule has 0 unspecified atom stereocenters.